The molecule has 0 bridgehead atoms. The fourth-order valence-electron chi connectivity index (χ4n) is 5.67. The van der Waals surface area contributed by atoms with Gasteiger partial charge in [-0.25, -0.2) is 4.79 Å². The van der Waals surface area contributed by atoms with Gasteiger partial charge in [-0.1, -0.05) is 76.0 Å². The summed E-state index contributed by atoms with van der Waals surface area (Å²) >= 11 is 6.00. The van der Waals surface area contributed by atoms with Crippen LogP contribution in [0.25, 0.3) is 11.3 Å². The zero-order chi connectivity index (χ0) is 39.8. The topological polar surface area (TPSA) is 229 Å². The molecule has 9 N–H and O–H groups in total. The Hall–Kier alpha value is -5.37. The third-order valence-electron chi connectivity index (χ3n) is 8.85. The number of amides is 4. The van der Waals surface area contributed by atoms with Crippen LogP contribution in [0.1, 0.15) is 75.9 Å². The van der Waals surface area contributed by atoms with Crippen molar-refractivity contribution in [3.8, 4) is 11.3 Å². The second-order valence-electron chi connectivity index (χ2n) is 13.7. The lowest BCUT2D eigenvalue weighted by molar-refractivity contribution is -0.142. The van der Waals surface area contributed by atoms with E-state index in [0.717, 1.165) is 5.56 Å². The molecule has 0 fully saturated rings. The summed E-state index contributed by atoms with van der Waals surface area (Å²) in [6.45, 7) is 7.75. The Bertz CT molecular complexity index is 1720. The summed E-state index contributed by atoms with van der Waals surface area (Å²) in [6.07, 6.45) is 1.93. The molecular formula is C39H52ClN7O7. The molecule has 292 valence electrons. The van der Waals surface area contributed by atoms with E-state index in [2.05, 4.69) is 26.6 Å². The molecule has 0 unspecified atom stereocenters. The number of furan rings is 1. The molecule has 0 saturated carbocycles. The van der Waals surface area contributed by atoms with Crippen molar-refractivity contribution >= 4 is 47.2 Å². The Labute approximate surface area is 320 Å². The fourth-order valence-corrected chi connectivity index (χ4v) is 5.79. The lowest BCUT2D eigenvalue weighted by Gasteiger charge is -2.29. The molecule has 15 heteroatoms. The van der Waals surface area contributed by atoms with Gasteiger partial charge in [0.25, 0.3) is 5.91 Å². The van der Waals surface area contributed by atoms with Gasteiger partial charge in [-0.15, -0.1) is 0 Å². The van der Waals surface area contributed by atoms with Crippen LogP contribution in [0.15, 0.2) is 71.1 Å². The van der Waals surface area contributed by atoms with Crippen molar-refractivity contribution in [2.24, 2.45) is 17.6 Å². The average molecular weight is 766 g/mol. The maximum Gasteiger partial charge on any atom is 0.326 e. The van der Waals surface area contributed by atoms with Crippen molar-refractivity contribution in [3.05, 3.63) is 83.1 Å². The van der Waals surface area contributed by atoms with Gasteiger partial charge in [0.05, 0.1) is 0 Å². The molecular weight excluding hydrogens is 714 g/mol. The average Bonchev–Trinajstić information content (AvgIpc) is 3.63. The summed E-state index contributed by atoms with van der Waals surface area (Å²) in [5.74, 6) is -3.97. The number of guanidine groups is 1. The maximum absolute atomic E-state index is 13.9. The van der Waals surface area contributed by atoms with Crippen molar-refractivity contribution in [1.82, 2.24) is 26.6 Å². The van der Waals surface area contributed by atoms with E-state index in [0.29, 0.717) is 42.2 Å². The van der Waals surface area contributed by atoms with Crippen molar-refractivity contribution in [3.63, 3.8) is 0 Å². The number of carboxylic acids is 1. The predicted molar refractivity (Wildman–Crippen MR) is 207 cm³/mol. The van der Waals surface area contributed by atoms with Crippen LogP contribution in [0.4, 0.5) is 0 Å². The Morgan fingerprint density at radius 1 is 0.815 bits per heavy atom. The van der Waals surface area contributed by atoms with Crippen molar-refractivity contribution in [1.29, 1.82) is 5.41 Å². The first-order valence-corrected chi connectivity index (χ1v) is 18.5. The number of halogens is 1. The molecule has 0 spiro atoms. The van der Waals surface area contributed by atoms with Crippen LogP contribution in [-0.2, 0) is 25.6 Å². The van der Waals surface area contributed by atoms with Crippen LogP contribution in [0.3, 0.4) is 0 Å². The molecule has 2 aromatic carbocycles. The molecule has 0 saturated heterocycles. The first-order valence-electron chi connectivity index (χ1n) is 18.1. The zero-order valence-corrected chi connectivity index (χ0v) is 31.9. The molecule has 0 aliphatic carbocycles. The second-order valence-corrected chi connectivity index (χ2v) is 14.1. The van der Waals surface area contributed by atoms with Crippen molar-refractivity contribution in [2.45, 2.75) is 90.4 Å². The van der Waals surface area contributed by atoms with Gasteiger partial charge < -0.3 is 41.8 Å². The highest BCUT2D eigenvalue weighted by Gasteiger charge is 2.34. The molecule has 0 aliphatic rings. The van der Waals surface area contributed by atoms with Gasteiger partial charge >= 0.3 is 5.97 Å². The third-order valence-corrected chi connectivity index (χ3v) is 9.10. The number of hydrogen-bond donors (Lipinski definition) is 8. The van der Waals surface area contributed by atoms with E-state index in [1.165, 1.54) is 6.07 Å². The van der Waals surface area contributed by atoms with Gasteiger partial charge in [0, 0.05) is 23.6 Å². The summed E-state index contributed by atoms with van der Waals surface area (Å²) < 4.78 is 5.79. The van der Waals surface area contributed by atoms with Crippen LogP contribution in [-0.4, -0.2) is 71.4 Å². The van der Waals surface area contributed by atoms with Crippen LogP contribution in [0, 0.1) is 17.2 Å². The molecule has 5 atom stereocenters. The highest BCUT2D eigenvalue weighted by molar-refractivity contribution is 6.30. The highest BCUT2D eigenvalue weighted by Crippen LogP contribution is 2.24. The molecule has 3 aromatic rings. The number of rotatable bonds is 21. The summed E-state index contributed by atoms with van der Waals surface area (Å²) in [6, 6.07) is 14.4. The Kier molecular flexibility index (Phi) is 17.0. The third kappa shape index (κ3) is 13.9. The molecule has 0 radical (unpaired) electrons. The van der Waals surface area contributed by atoms with Gasteiger partial charge in [0.15, 0.2) is 11.7 Å². The normalized spacial score (nSPS) is 13.8. The highest BCUT2D eigenvalue weighted by atomic mass is 35.5. The second kappa shape index (κ2) is 21.4. The Morgan fingerprint density at radius 3 is 2.07 bits per heavy atom. The minimum atomic E-state index is -1.24. The van der Waals surface area contributed by atoms with Gasteiger partial charge in [0.1, 0.15) is 29.9 Å². The number of aliphatic carboxylic acids is 1. The lowest BCUT2D eigenvalue weighted by atomic mass is 9.96. The molecule has 4 amide bonds. The van der Waals surface area contributed by atoms with Crippen molar-refractivity contribution < 1.29 is 33.5 Å². The van der Waals surface area contributed by atoms with Crippen molar-refractivity contribution in [2.75, 3.05) is 6.54 Å². The van der Waals surface area contributed by atoms with E-state index in [9.17, 15) is 29.1 Å². The summed E-state index contributed by atoms with van der Waals surface area (Å²) in [5.41, 5.74) is 6.80. The first-order chi connectivity index (χ1) is 25.7. The number of carbonyl (C=O) groups excluding carboxylic acids is 4. The van der Waals surface area contributed by atoms with E-state index in [1.807, 2.05) is 20.8 Å². The molecule has 1 aromatic heterocycles. The fraction of sp³-hybridized carbons (Fsp3) is 0.436. The van der Waals surface area contributed by atoms with E-state index >= 15 is 0 Å². The number of benzene rings is 2. The maximum atomic E-state index is 13.9. The van der Waals surface area contributed by atoms with Gasteiger partial charge in [-0.2, -0.15) is 0 Å². The molecule has 1 heterocycles. The van der Waals surface area contributed by atoms with E-state index in [1.54, 1.807) is 67.6 Å². The predicted octanol–water partition coefficient (Wildman–Crippen LogP) is 4.23. The number of nitrogens with one attached hydrogen (secondary N) is 6. The molecule has 14 nitrogen and oxygen atoms in total. The van der Waals surface area contributed by atoms with Crippen LogP contribution < -0.4 is 32.3 Å². The van der Waals surface area contributed by atoms with Gasteiger partial charge in [-0.3, -0.25) is 24.6 Å². The Morgan fingerprint density at radius 2 is 1.46 bits per heavy atom. The molecule has 0 aliphatic heterocycles. The first kappa shape index (κ1) is 43.0. The monoisotopic (exact) mass is 765 g/mol. The summed E-state index contributed by atoms with van der Waals surface area (Å²) in [7, 11) is 0. The molecule has 3 rings (SSSR count). The molecule has 54 heavy (non-hydrogen) atoms. The standard InChI is InChI=1S/C39H52ClN7O7/c1-5-24(4)33(37(51)46-30(38(52)53)22-25-11-7-6-8-12-25)47-35(49)29(21-23(2)3)45-34(48)28(13-9-10-20-43-39(41)42)44-36(50)32-19-18-31(54-32)26-14-16-27(40)17-15-26/h6-8,11-12,14-19,23-24,28-30,33H,5,9-10,13,20-22H2,1-4H3,(H,44,50)(H,45,48)(H,46,51)(H,47,49)(H,52,53)(H4,41,42,43)/t24-,28-,29-,30-,33-/m0/s1. The number of nitrogens with two attached hydrogens (primary N) is 1. The minimum Gasteiger partial charge on any atom is -0.480 e. The smallest absolute Gasteiger partial charge is 0.326 e. The summed E-state index contributed by atoms with van der Waals surface area (Å²) in [4.78, 5) is 66.8. The number of carboxylic acid groups (broad SMARTS) is 1. The van der Waals surface area contributed by atoms with E-state index < -0.39 is 53.8 Å². The quantitative estimate of drug-likeness (QED) is 0.0440. The van der Waals surface area contributed by atoms with Gasteiger partial charge in [-0.05, 0) is 79.5 Å². The SMILES string of the molecule is CC[C@H](C)[C@H](NC(=O)[C@H](CC(C)C)NC(=O)[C@H](CCCCNC(=N)N)NC(=O)c1ccc(-c2ccc(Cl)cc2)o1)C(=O)N[C@@H](Cc1ccccc1)C(=O)O. The minimum absolute atomic E-state index is 0.0261. The van der Waals surface area contributed by atoms with Crippen LogP contribution >= 0.6 is 11.6 Å². The number of unbranched alkanes of at least 4 members (excludes halogenated alkanes) is 1. The van der Waals surface area contributed by atoms with Gasteiger partial charge in [0.2, 0.25) is 17.7 Å². The lowest BCUT2D eigenvalue weighted by Crippen LogP contribution is -2.59. The number of hydrogen-bond acceptors (Lipinski definition) is 7. The zero-order valence-electron chi connectivity index (χ0n) is 31.1. The number of carbonyl (C=O) groups is 5. The van der Waals surface area contributed by atoms with Crippen LogP contribution in [0.2, 0.25) is 5.02 Å². The van der Waals surface area contributed by atoms with E-state index in [-0.39, 0.29) is 42.8 Å². The van der Waals surface area contributed by atoms with Crippen LogP contribution in [0.5, 0.6) is 0 Å². The summed E-state index contributed by atoms with van der Waals surface area (Å²) in [5, 5.41) is 31.4. The largest absolute Gasteiger partial charge is 0.480 e. The van der Waals surface area contributed by atoms with E-state index in [4.69, 9.17) is 27.2 Å². The Balaban J connectivity index is 1.78.